The summed E-state index contributed by atoms with van der Waals surface area (Å²) in [6.07, 6.45) is 3.30. The molecule has 7 nitrogen and oxygen atoms in total. The van der Waals surface area contributed by atoms with Crippen LogP contribution in [0.3, 0.4) is 0 Å². The topological polar surface area (TPSA) is 81.4 Å². The van der Waals surface area contributed by atoms with Crippen molar-refractivity contribution in [2.45, 2.75) is 50.0 Å². The lowest BCUT2D eigenvalue weighted by Crippen LogP contribution is -2.53. The molecule has 25 heavy (non-hydrogen) atoms. The molecule has 0 aromatic carbocycles. The number of rotatable bonds is 7. The van der Waals surface area contributed by atoms with Gasteiger partial charge in [0.15, 0.2) is 5.76 Å². The maximum Gasteiger partial charge on any atom is 0.289 e. The Hall–Kier alpha value is -1.41. The maximum atomic E-state index is 13.0. The second kappa shape index (κ2) is 7.86. The van der Waals surface area contributed by atoms with Crippen molar-refractivity contribution in [2.75, 3.05) is 34.0 Å². The number of aliphatic hydroxyl groups excluding tert-OH is 1. The highest BCUT2D eigenvalue weighted by Crippen LogP contribution is 2.43. The number of furan rings is 1. The van der Waals surface area contributed by atoms with Crippen LogP contribution in [-0.4, -0.2) is 67.6 Å². The predicted molar refractivity (Wildman–Crippen MR) is 89.3 cm³/mol. The van der Waals surface area contributed by atoms with E-state index < -0.39 is 0 Å². The number of hydrogen-bond acceptors (Lipinski definition) is 6. The average molecular weight is 353 g/mol. The van der Waals surface area contributed by atoms with Gasteiger partial charge in [-0.1, -0.05) is 0 Å². The lowest BCUT2D eigenvalue weighted by molar-refractivity contribution is -0.0993. The van der Waals surface area contributed by atoms with Crippen molar-refractivity contribution < 1.29 is 28.5 Å². The molecule has 2 aliphatic rings. The van der Waals surface area contributed by atoms with Gasteiger partial charge in [0, 0.05) is 20.8 Å². The third-order valence-electron chi connectivity index (χ3n) is 5.41. The van der Waals surface area contributed by atoms with E-state index in [0.717, 1.165) is 19.3 Å². The minimum atomic E-state index is -0.309. The fourth-order valence-corrected chi connectivity index (χ4v) is 4.13. The van der Waals surface area contributed by atoms with Crippen molar-refractivity contribution in [1.82, 2.24) is 4.90 Å². The summed E-state index contributed by atoms with van der Waals surface area (Å²) in [5.74, 6) is 0.849. The number of carbonyl (C=O) groups excluding carboxylic acids is 1. The van der Waals surface area contributed by atoms with Crippen LogP contribution >= 0.6 is 0 Å². The number of fused-ring (bicyclic) bond motifs is 1. The summed E-state index contributed by atoms with van der Waals surface area (Å²) < 4.78 is 22.2. The Morgan fingerprint density at radius 1 is 1.40 bits per heavy atom. The van der Waals surface area contributed by atoms with Gasteiger partial charge in [0.05, 0.1) is 31.0 Å². The summed E-state index contributed by atoms with van der Waals surface area (Å²) in [5, 5.41) is 8.98. The lowest BCUT2D eigenvalue weighted by atomic mass is 9.79. The second-order valence-electron chi connectivity index (χ2n) is 6.72. The average Bonchev–Trinajstić information content (AvgIpc) is 3.24. The SMILES string of the molecule is COCc1ccc(C(=O)N2CC[C@]3(OC)CC[C@@H](OCCO)C[C@H]23)o1. The first-order chi connectivity index (χ1) is 12.1. The first kappa shape index (κ1) is 18.4. The summed E-state index contributed by atoms with van der Waals surface area (Å²) in [7, 11) is 3.31. The van der Waals surface area contributed by atoms with Crippen molar-refractivity contribution in [2.24, 2.45) is 0 Å². The van der Waals surface area contributed by atoms with E-state index in [1.54, 1.807) is 26.4 Å². The van der Waals surface area contributed by atoms with Crippen LogP contribution in [0.25, 0.3) is 0 Å². The number of carbonyl (C=O) groups is 1. The molecule has 1 aliphatic carbocycles. The van der Waals surface area contributed by atoms with E-state index in [2.05, 4.69) is 0 Å². The van der Waals surface area contributed by atoms with Crippen LogP contribution in [0, 0.1) is 0 Å². The molecule has 7 heteroatoms. The molecule has 1 saturated heterocycles. The zero-order valence-corrected chi connectivity index (χ0v) is 14.9. The van der Waals surface area contributed by atoms with E-state index >= 15 is 0 Å². The Morgan fingerprint density at radius 2 is 2.24 bits per heavy atom. The zero-order valence-electron chi connectivity index (χ0n) is 14.9. The monoisotopic (exact) mass is 353 g/mol. The fraction of sp³-hybridized carbons (Fsp3) is 0.722. The van der Waals surface area contributed by atoms with Gasteiger partial charge in [-0.25, -0.2) is 0 Å². The molecular formula is C18H27NO6. The third kappa shape index (κ3) is 3.60. The number of aliphatic hydroxyl groups is 1. The Kier molecular flexibility index (Phi) is 5.78. The van der Waals surface area contributed by atoms with Gasteiger partial charge in [0.25, 0.3) is 5.91 Å². The first-order valence-corrected chi connectivity index (χ1v) is 8.80. The molecule has 0 radical (unpaired) electrons. The van der Waals surface area contributed by atoms with E-state index in [0.29, 0.717) is 37.7 Å². The molecule has 2 fully saturated rings. The molecule has 3 atom stereocenters. The highest BCUT2D eigenvalue weighted by molar-refractivity contribution is 5.92. The molecule has 1 amide bonds. The van der Waals surface area contributed by atoms with Gasteiger partial charge < -0.3 is 28.6 Å². The lowest BCUT2D eigenvalue weighted by Gasteiger charge is -2.43. The van der Waals surface area contributed by atoms with Gasteiger partial charge in [-0.15, -0.1) is 0 Å². The largest absolute Gasteiger partial charge is 0.453 e. The molecular weight excluding hydrogens is 326 g/mol. The van der Waals surface area contributed by atoms with Crippen LogP contribution in [-0.2, 0) is 20.8 Å². The highest BCUT2D eigenvalue weighted by Gasteiger charge is 2.53. The van der Waals surface area contributed by atoms with E-state index in [9.17, 15) is 4.79 Å². The molecule has 1 aromatic rings. The van der Waals surface area contributed by atoms with Crippen LogP contribution in [0.5, 0.6) is 0 Å². The van der Waals surface area contributed by atoms with Crippen LogP contribution in [0.1, 0.15) is 42.0 Å². The quantitative estimate of drug-likeness (QED) is 0.802. The molecule has 140 valence electrons. The van der Waals surface area contributed by atoms with E-state index in [1.165, 1.54) is 0 Å². The molecule has 1 aliphatic heterocycles. The summed E-state index contributed by atoms with van der Waals surface area (Å²) in [6, 6.07) is 3.43. The minimum absolute atomic E-state index is 0.00784. The molecule has 0 bridgehead atoms. The van der Waals surface area contributed by atoms with Gasteiger partial charge in [-0.3, -0.25) is 4.79 Å². The fourth-order valence-electron chi connectivity index (χ4n) is 4.13. The van der Waals surface area contributed by atoms with Gasteiger partial charge in [0.1, 0.15) is 12.4 Å². The van der Waals surface area contributed by atoms with E-state index in [4.69, 9.17) is 23.7 Å². The van der Waals surface area contributed by atoms with Crippen molar-refractivity contribution in [3.8, 4) is 0 Å². The van der Waals surface area contributed by atoms with Gasteiger partial charge in [-0.05, 0) is 37.8 Å². The van der Waals surface area contributed by atoms with Crippen molar-refractivity contribution in [3.05, 3.63) is 23.7 Å². The summed E-state index contributed by atoms with van der Waals surface area (Å²) in [4.78, 5) is 14.8. The first-order valence-electron chi connectivity index (χ1n) is 8.80. The van der Waals surface area contributed by atoms with E-state index in [-0.39, 0.29) is 30.3 Å². The molecule has 1 aromatic heterocycles. The smallest absolute Gasteiger partial charge is 0.289 e. The summed E-state index contributed by atoms with van der Waals surface area (Å²) in [5.41, 5.74) is -0.309. The Bertz CT molecular complexity index is 588. The van der Waals surface area contributed by atoms with Gasteiger partial charge in [-0.2, -0.15) is 0 Å². The molecule has 0 unspecified atom stereocenters. The number of methoxy groups -OCH3 is 2. The zero-order chi connectivity index (χ0) is 17.9. The number of likely N-dealkylation sites (tertiary alicyclic amines) is 1. The second-order valence-corrected chi connectivity index (χ2v) is 6.72. The molecule has 1 N–H and O–H groups in total. The standard InChI is InChI=1S/C18H27NO6/c1-22-12-14-3-4-15(25-14)17(21)19-8-7-18(23-2)6-5-13(11-16(18)19)24-10-9-20/h3-4,13,16,20H,5-12H2,1-2H3/t13-,16+,18-/m1/s1. The van der Waals surface area contributed by atoms with Crippen LogP contribution < -0.4 is 0 Å². The minimum Gasteiger partial charge on any atom is -0.453 e. The molecule has 2 heterocycles. The van der Waals surface area contributed by atoms with Crippen molar-refractivity contribution in [1.29, 1.82) is 0 Å². The predicted octanol–water partition coefficient (Wildman–Crippen LogP) is 1.59. The normalized spacial score (nSPS) is 29.0. The molecule has 1 saturated carbocycles. The molecule has 0 spiro atoms. The third-order valence-corrected chi connectivity index (χ3v) is 5.41. The highest BCUT2D eigenvalue weighted by atomic mass is 16.5. The Balaban J connectivity index is 1.75. The summed E-state index contributed by atoms with van der Waals surface area (Å²) >= 11 is 0. The summed E-state index contributed by atoms with van der Waals surface area (Å²) in [6.45, 7) is 1.32. The maximum absolute atomic E-state index is 13.0. The number of hydrogen-bond donors (Lipinski definition) is 1. The van der Waals surface area contributed by atoms with E-state index in [1.807, 2.05) is 4.90 Å². The van der Waals surface area contributed by atoms with Crippen molar-refractivity contribution in [3.63, 3.8) is 0 Å². The number of ether oxygens (including phenoxy) is 3. The van der Waals surface area contributed by atoms with Crippen molar-refractivity contribution >= 4 is 5.91 Å². The Morgan fingerprint density at radius 3 is 2.96 bits per heavy atom. The van der Waals surface area contributed by atoms with Gasteiger partial charge >= 0.3 is 0 Å². The van der Waals surface area contributed by atoms with Gasteiger partial charge in [0.2, 0.25) is 0 Å². The number of amides is 1. The van der Waals surface area contributed by atoms with Crippen LogP contribution in [0.4, 0.5) is 0 Å². The van der Waals surface area contributed by atoms with Crippen LogP contribution in [0.15, 0.2) is 16.5 Å². The van der Waals surface area contributed by atoms with Crippen LogP contribution in [0.2, 0.25) is 0 Å². The Labute approximate surface area is 147 Å². The number of nitrogens with zero attached hydrogens (tertiary/aromatic N) is 1. The molecule has 3 rings (SSSR count).